The lowest BCUT2D eigenvalue weighted by molar-refractivity contribution is -0.119. The second kappa shape index (κ2) is 3.01. The number of nitrogens with one attached hydrogen (secondary N) is 1. The van der Waals surface area contributed by atoms with Gasteiger partial charge in [-0.15, -0.1) is 0 Å². The van der Waals surface area contributed by atoms with Crippen LogP contribution in [0, 0.1) is 0 Å². The van der Waals surface area contributed by atoms with E-state index in [4.69, 9.17) is 5.73 Å². The van der Waals surface area contributed by atoms with Crippen LogP contribution in [-0.4, -0.2) is 18.0 Å². The summed E-state index contributed by atoms with van der Waals surface area (Å²) in [6.07, 6.45) is 3.09. The Labute approximate surface area is 61.0 Å². The first kappa shape index (κ1) is 7.54. The summed E-state index contributed by atoms with van der Waals surface area (Å²) in [5.41, 5.74) is 5.11. The van der Waals surface area contributed by atoms with Crippen LogP contribution < -0.4 is 11.1 Å². The molecule has 0 bridgehead atoms. The minimum atomic E-state index is -0.212. The van der Waals surface area contributed by atoms with Gasteiger partial charge in [-0.25, -0.2) is 0 Å². The monoisotopic (exact) mass is 142 g/mol. The van der Waals surface area contributed by atoms with Gasteiger partial charge in [-0.05, 0) is 19.3 Å². The predicted octanol–water partition coefficient (Wildman–Crippen LogP) is 0.00230. The van der Waals surface area contributed by atoms with Crippen LogP contribution in [0.25, 0.3) is 0 Å². The van der Waals surface area contributed by atoms with E-state index in [1.807, 2.05) is 0 Å². The van der Waals surface area contributed by atoms with Crippen molar-refractivity contribution < 1.29 is 4.79 Å². The number of carbonyl (C=O) groups excluding carboxylic acids is 1. The highest BCUT2D eigenvalue weighted by Gasteiger charge is 2.25. The smallest absolute Gasteiger partial charge is 0.234 e. The molecule has 1 aliphatic heterocycles. The van der Waals surface area contributed by atoms with Gasteiger partial charge in [0.25, 0.3) is 0 Å². The van der Waals surface area contributed by atoms with Crippen molar-refractivity contribution in [2.75, 3.05) is 0 Å². The van der Waals surface area contributed by atoms with Crippen molar-refractivity contribution in [3.8, 4) is 0 Å². The number of nitrogens with two attached hydrogens (primary N) is 1. The molecule has 0 aliphatic carbocycles. The zero-order chi connectivity index (χ0) is 7.56. The van der Waals surface area contributed by atoms with Gasteiger partial charge in [0.05, 0.1) is 6.04 Å². The van der Waals surface area contributed by atoms with Gasteiger partial charge >= 0.3 is 0 Å². The molecule has 3 N–H and O–H groups in total. The largest absolute Gasteiger partial charge is 0.368 e. The van der Waals surface area contributed by atoms with E-state index < -0.39 is 0 Å². The lowest BCUT2D eigenvalue weighted by Crippen LogP contribution is -2.39. The molecule has 1 fully saturated rings. The molecule has 2 atom stereocenters. The standard InChI is InChI=1S/C7H14N2O/c1-2-5-3-4-6(9-5)7(8)10/h5-6,9H,2-4H2,1H3,(H2,8,10)/t5-,6-/m0/s1. The van der Waals surface area contributed by atoms with E-state index in [2.05, 4.69) is 12.2 Å². The van der Waals surface area contributed by atoms with E-state index in [1.54, 1.807) is 0 Å². The van der Waals surface area contributed by atoms with Crippen molar-refractivity contribution in [2.24, 2.45) is 5.73 Å². The molecule has 1 saturated heterocycles. The number of amides is 1. The Morgan fingerprint density at radius 2 is 2.40 bits per heavy atom. The molecule has 1 aliphatic rings. The summed E-state index contributed by atoms with van der Waals surface area (Å²) in [6.45, 7) is 2.11. The van der Waals surface area contributed by atoms with Crippen LogP contribution in [0.2, 0.25) is 0 Å². The van der Waals surface area contributed by atoms with E-state index in [-0.39, 0.29) is 11.9 Å². The Morgan fingerprint density at radius 1 is 1.70 bits per heavy atom. The first-order valence-electron chi connectivity index (χ1n) is 3.79. The number of hydrogen-bond acceptors (Lipinski definition) is 2. The normalized spacial score (nSPS) is 32.5. The molecule has 1 heterocycles. The number of primary amides is 1. The molecule has 3 nitrogen and oxygen atoms in total. The van der Waals surface area contributed by atoms with Gasteiger partial charge in [-0.3, -0.25) is 4.79 Å². The zero-order valence-corrected chi connectivity index (χ0v) is 6.26. The lowest BCUT2D eigenvalue weighted by Gasteiger charge is -2.08. The maximum Gasteiger partial charge on any atom is 0.234 e. The average molecular weight is 142 g/mol. The van der Waals surface area contributed by atoms with Gasteiger partial charge in [-0.2, -0.15) is 0 Å². The van der Waals surface area contributed by atoms with Gasteiger partial charge in [0.2, 0.25) is 5.91 Å². The molecule has 0 aromatic heterocycles. The molecule has 0 radical (unpaired) electrons. The summed E-state index contributed by atoms with van der Waals surface area (Å²) >= 11 is 0. The van der Waals surface area contributed by atoms with Crippen LogP contribution in [-0.2, 0) is 4.79 Å². The van der Waals surface area contributed by atoms with Crippen molar-refractivity contribution in [2.45, 2.75) is 38.3 Å². The SMILES string of the molecule is CC[C@H]1CC[C@@H](C(N)=O)N1. The Balaban J connectivity index is 2.35. The summed E-state index contributed by atoms with van der Waals surface area (Å²) in [5, 5.41) is 3.17. The first-order chi connectivity index (χ1) is 4.74. The molecular formula is C7H14N2O. The lowest BCUT2D eigenvalue weighted by atomic mass is 10.1. The third-order valence-electron chi connectivity index (χ3n) is 2.08. The maximum absolute atomic E-state index is 10.6. The van der Waals surface area contributed by atoms with E-state index in [1.165, 1.54) is 0 Å². The van der Waals surface area contributed by atoms with Crippen LogP contribution in [0.15, 0.2) is 0 Å². The summed E-state index contributed by atoms with van der Waals surface area (Å²) < 4.78 is 0. The highest BCUT2D eigenvalue weighted by Crippen LogP contribution is 2.13. The molecule has 3 heteroatoms. The molecular weight excluding hydrogens is 128 g/mol. The molecule has 0 unspecified atom stereocenters. The van der Waals surface area contributed by atoms with Crippen LogP contribution in [0.4, 0.5) is 0 Å². The van der Waals surface area contributed by atoms with Gasteiger partial charge in [0.15, 0.2) is 0 Å². The molecule has 0 spiro atoms. The fraction of sp³-hybridized carbons (Fsp3) is 0.857. The quantitative estimate of drug-likeness (QED) is 0.570. The van der Waals surface area contributed by atoms with Gasteiger partial charge in [-0.1, -0.05) is 6.92 Å². The minimum Gasteiger partial charge on any atom is -0.368 e. The molecule has 58 valence electrons. The Kier molecular flexibility index (Phi) is 2.27. The summed E-state index contributed by atoms with van der Waals surface area (Å²) in [7, 11) is 0. The number of hydrogen-bond donors (Lipinski definition) is 2. The molecule has 0 saturated carbocycles. The summed E-state index contributed by atoms with van der Waals surface area (Å²) in [6, 6.07) is 0.447. The summed E-state index contributed by atoms with van der Waals surface area (Å²) in [4.78, 5) is 10.6. The third kappa shape index (κ3) is 1.48. The van der Waals surface area contributed by atoms with Gasteiger partial charge in [0.1, 0.15) is 0 Å². The van der Waals surface area contributed by atoms with Crippen LogP contribution in [0.1, 0.15) is 26.2 Å². The molecule has 10 heavy (non-hydrogen) atoms. The third-order valence-corrected chi connectivity index (χ3v) is 2.08. The van der Waals surface area contributed by atoms with Gasteiger partial charge < -0.3 is 11.1 Å². The Morgan fingerprint density at radius 3 is 2.70 bits per heavy atom. The fourth-order valence-electron chi connectivity index (χ4n) is 1.37. The first-order valence-corrected chi connectivity index (χ1v) is 3.79. The fourth-order valence-corrected chi connectivity index (χ4v) is 1.37. The predicted molar refractivity (Wildman–Crippen MR) is 39.4 cm³/mol. The zero-order valence-electron chi connectivity index (χ0n) is 6.26. The van der Waals surface area contributed by atoms with Crippen molar-refractivity contribution in [1.82, 2.24) is 5.32 Å². The number of carbonyl (C=O) groups is 1. The molecule has 1 amide bonds. The average Bonchev–Trinajstić information content (AvgIpc) is 2.34. The number of rotatable bonds is 2. The Hall–Kier alpha value is -0.570. The highest BCUT2D eigenvalue weighted by atomic mass is 16.1. The van der Waals surface area contributed by atoms with Crippen LogP contribution in [0.5, 0.6) is 0 Å². The van der Waals surface area contributed by atoms with Crippen molar-refractivity contribution >= 4 is 5.91 Å². The molecule has 0 aromatic rings. The molecule has 1 rings (SSSR count). The van der Waals surface area contributed by atoms with Crippen molar-refractivity contribution in [3.05, 3.63) is 0 Å². The maximum atomic E-state index is 10.6. The van der Waals surface area contributed by atoms with E-state index in [9.17, 15) is 4.79 Å². The highest BCUT2D eigenvalue weighted by molar-refractivity contribution is 5.80. The van der Waals surface area contributed by atoms with E-state index in [0.29, 0.717) is 6.04 Å². The summed E-state index contributed by atoms with van der Waals surface area (Å²) in [5.74, 6) is -0.212. The second-order valence-electron chi connectivity index (χ2n) is 2.80. The van der Waals surface area contributed by atoms with Crippen LogP contribution in [0.3, 0.4) is 0 Å². The molecule has 0 aromatic carbocycles. The van der Waals surface area contributed by atoms with Crippen LogP contribution >= 0.6 is 0 Å². The Bertz CT molecular complexity index is 136. The topological polar surface area (TPSA) is 55.1 Å². The second-order valence-corrected chi connectivity index (χ2v) is 2.80. The van der Waals surface area contributed by atoms with Crippen molar-refractivity contribution in [1.29, 1.82) is 0 Å². The minimum absolute atomic E-state index is 0.0649. The van der Waals surface area contributed by atoms with E-state index >= 15 is 0 Å². The van der Waals surface area contributed by atoms with E-state index in [0.717, 1.165) is 19.3 Å². The van der Waals surface area contributed by atoms with Crippen molar-refractivity contribution in [3.63, 3.8) is 0 Å². The van der Waals surface area contributed by atoms with Gasteiger partial charge in [0, 0.05) is 6.04 Å².